The molecular weight excluding hydrogens is 402 g/mol. The Morgan fingerprint density at radius 3 is 2.67 bits per heavy atom. The lowest BCUT2D eigenvalue weighted by atomic mass is 9.38. The number of nitrogens with zero attached hydrogens (tertiary/aromatic N) is 2. The summed E-state index contributed by atoms with van der Waals surface area (Å²) in [6.07, 6.45) is 3.36. The maximum atomic E-state index is 12.4. The van der Waals surface area contributed by atoms with Crippen molar-refractivity contribution >= 4 is 23.4 Å². The Morgan fingerprint density at radius 1 is 1.17 bits per heavy atom. The van der Waals surface area contributed by atoms with Crippen molar-refractivity contribution in [3.05, 3.63) is 59.1 Å². The molecule has 3 aliphatic rings. The van der Waals surface area contributed by atoms with Gasteiger partial charge in [-0.15, -0.1) is 5.10 Å². The van der Waals surface area contributed by atoms with Crippen LogP contribution in [0.2, 0.25) is 5.02 Å². The van der Waals surface area contributed by atoms with Gasteiger partial charge in [0.05, 0.1) is 0 Å². The minimum Gasteiger partial charge on any atom is -0.486 e. The first-order valence-electron chi connectivity index (χ1n) is 10.0. The maximum Gasteiger partial charge on any atom is 0.316 e. The fourth-order valence-electron chi connectivity index (χ4n) is 4.86. The lowest BCUT2D eigenvalue weighted by Crippen LogP contribution is -2.71. The predicted octanol–water partition coefficient (Wildman–Crippen LogP) is 5.07. The summed E-state index contributed by atoms with van der Waals surface area (Å²) in [5, 5.41) is 12.3. The van der Waals surface area contributed by atoms with Crippen LogP contribution < -0.4 is 10.1 Å². The van der Waals surface area contributed by atoms with E-state index < -0.39 is 0 Å². The quantitative estimate of drug-likeness (QED) is 0.545. The minimum atomic E-state index is -0.0189. The van der Waals surface area contributed by atoms with Crippen LogP contribution in [0.3, 0.4) is 0 Å². The molecule has 3 aromatic rings. The number of ketones is 1. The average Bonchev–Trinajstić information content (AvgIpc) is 3.15. The van der Waals surface area contributed by atoms with Gasteiger partial charge in [0.2, 0.25) is 5.89 Å². The average molecular weight is 424 g/mol. The van der Waals surface area contributed by atoms with E-state index in [0.29, 0.717) is 29.1 Å². The smallest absolute Gasteiger partial charge is 0.316 e. The Hall–Kier alpha value is -2.86. The molecule has 3 saturated carbocycles. The second-order valence-electron chi connectivity index (χ2n) is 8.63. The number of carbonyl (C=O) groups is 1. The monoisotopic (exact) mass is 423 g/mol. The van der Waals surface area contributed by atoms with Crippen LogP contribution >= 0.6 is 11.6 Å². The molecule has 30 heavy (non-hydrogen) atoms. The van der Waals surface area contributed by atoms with Gasteiger partial charge in [0.25, 0.3) is 0 Å². The van der Waals surface area contributed by atoms with Gasteiger partial charge in [0.15, 0.2) is 5.78 Å². The number of Topliss-reactive ketones (excluding diaryl/α,β-unsaturated/α-hetero) is 1. The summed E-state index contributed by atoms with van der Waals surface area (Å²) in [7, 11) is 0. The summed E-state index contributed by atoms with van der Waals surface area (Å²) in [6, 6.07) is 15.6. The van der Waals surface area contributed by atoms with Gasteiger partial charge in [-0.3, -0.25) is 4.79 Å². The molecule has 0 aliphatic heterocycles. The number of hydrogen-bond donors (Lipinski definition) is 1. The number of aromatic nitrogens is 2. The lowest BCUT2D eigenvalue weighted by molar-refractivity contribution is -0.147. The Bertz CT molecular complexity index is 1080. The predicted molar refractivity (Wildman–Crippen MR) is 114 cm³/mol. The van der Waals surface area contributed by atoms with Crippen molar-refractivity contribution in [1.29, 1.82) is 0 Å². The van der Waals surface area contributed by atoms with E-state index in [0.717, 1.165) is 30.4 Å². The molecule has 6 nitrogen and oxygen atoms in total. The van der Waals surface area contributed by atoms with Crippen molar-refractivity contribution < 1.29 is 13.9 Å². The fraction of sp³-hybridized carbons (Fsp3) is 0.348. The molecule has 2 aromatic carbocycles. The summed E-state index contributed by atoms with van der Waals surface area (Å²) >= 11 is 6.02. The Balaban J connectivity index is 1.11. The highest BCUT2D eigenvalue weighted by Gasteiger charge is 2.68. The van der Waals surface area contributed by atoms with Crippen LogP contribution in [0.4, 0.5) is 6.01 Å². The van der Waals surface area contributed by atoms with E-state index in [-0.39, 0.29) is 23.3 Å². The Morgan fingerprint density at radius 2 is 1.93 bits per heavy atom. The summed E-state index contributed by atoms with van der Waals surface area (Å²) in [5.74, 6) is 1.30. The van der Waals surface area contributed by atoms with Gasteiger partial charge in [-0.1, -0.05) is 34.9 Å². The molecule has 1 heterocycles. The number of halogens is 1. The van der Waals surface area contributed by atoms with E-state index in [2.05, 4.69) is 15.5 Å². The highest BCUT2D eigenvalue weighted by Crippen LogP contribution is 2.70. The van der Waals surface area contributed by atoms with Crippen molar-refractivity contribution in [3.8, 4) is 17.2 Å². The molecular formula is C23H22ClN3O3. The normalized spacial score (nSPS) is 23.9. The molecule has 6 rings (SSSR count). The molecule has 0 atom stereocenters. The molecule has 0 unspecified atom stereocenters. The summed E-state index contributed by atoms with van der Waals surface area (Å²) < 4.78 is 11.4. The van der Waals surface area contributed by atoms with Crippen molar-refractivity contribution in [1.82, 2.24) is 10.2 Å². The molecule has 0 amide bonds. The molecule has 1 N–H and O–H groups in total. The third-order valence-corrected chi connectivity index (χ3v) is 6.48. The van der Waals surface area contributed by atoms with Crippen LogP contribution in [0.5, 0.6) is 5.75 Å². The maximum absolute atomic E-state index is 12.4. The van der Waals surface area contributed by atoms with E-state index in [1.165, 1.54) is 0 Å². The zero-order valence-corrected chi connectivity index (χ0v) is 17.4. The van der Waals surface area contributed by atoms with Crippen molar-refractivity contribution in [3.63, 3.8) is 0 Å². The van der Waals surface area contributed by atoms with E-state index >= 15 is 0 Å². The van der Waals surface area contributed by atoms with E-state index in [1.807, 2.05) is 43.3 Å². The van der Waals surface area contributed by atoms with Gasteiger partial charge in [-0.05, 0) is 67.5 Å². The third-order valence-electron chi connectivity index (χ3n) is 6.06. The first-order valence-corrected chi connectivity index (χ1v) is 10.4. The molecule has 3 fully saturated rings. The number of aryl methyl sites for hydroxylation is 1. The van der Waals surface area contributed by atoms with Crippen molar-refractivity contribution in [2.24, 2.45) is 5.41 Å². The standard InChI is InChI=1S/C23H22ClN3O3/c1-15-9-18(7-8-19(15)24)29-11-17(28)10-22-12-23(13-22,14-22)25-21-27-26-20(30-21)16-5-3-2-4-6-16/h2-9H,10-14H2,1H3,(H,25,27). The number of anilines is 1. The second-order valence-corrected chi connectivity index (χ2v) is 9.04. The van der Waals surface area contributed by atoms with Crippen LogP contribution in [0.15, 0.2) is 52.9 Å². The van der Waals surface area contributed by atoms with Crippen LogP contribution in [0.25, 0.3) is 11.5 Å². The van der Waals surface area contributed by atoms with Gasteiger partial charge in [0.1, 0.15) is 12.4 Å². The highest BCUT2D eigenvalue weighted by atomic mass is 35.5. The van der Waals surface area contributed by atoms with Gasteiger partial charge < -0.3 is 14.5 Å². The van der Waals surface area contributed by atoms with E-state index in [9.17, 15) is 4.79 Å². The van der Waals surface area contributed by atoms with Crippen LogP contribution in [0.1, 0.15) is 31.2 Å². The number of hydrogen-bond acceptors (Lipinski definition) is 6. The zero-order valence-electron chi connectivity index (χ0n) is 16.7. The van der Waals surface area contributed by atoms with Gasteiger partial charge in [-0.25, -0.2) is 0 Å². The first kappa shape index (κ1) is 19.1. The van der Waals surface area contributed by atoms with Crippen molar-refractivity contribution in [2.75, 3.05) is 11.9 Å². The van der Waals surface area contributed by atoms with Crippen LogP contribution in [0, 0.1) is 12.3 Å². The molecule has 1 aromatic heterocycles. The van der Waals surface area contributed by atoms with Gasteiger partial charge in [-0.2, -0.15) is 0 Å². The van der Waals surface area contributed by atoms with Crippen LogP contribution in [-0.2, 0) is 4.79 Å². The highest BCUT2D eigenvalue weighted by molar-refractivity contribution is 6.31. The van der Waals surface area contributed by atoms with E-state index in [1.54, 1.807) is 12.1 Å². The number of benzene rings is 2. The Kier molecular flexibility index (Phi) is 4.54. The zero-order chi connectivity index (χ0) is 20.8. The first-order chi connectivity index (χ1) is 14.4. The summed E-state index contributed by atoms with van der Waals surface area (Å²) in [4.78, 5) is 12.4. The topological polar surface area (TPSA) is 77.2 Å². The molecule has 0 saturated heterocycles. The lowest BCUT2D eigenvalue weighted by Gasteiger charge is -2.70. The fourth-order valence-corrected chi connectivity index (χ4v) is 4.97. The number of ether oxygens (including phenoxy) is 1. The van der Waals surface area contributed by atoms with E-state index in [4.69, 9.17) is 20.8 Å². The molecule has 0 radical (unpaired) electrons. The van der Waals surface area contributed by atoms with Gasteiger partial charge >= 0.3 is 6.01 Å². The van der Waals surface area contributed by atoms with Crippen LogP contribution in [-0.4, -0.2) is 28.1 Å². The molecule has 2 bridgehead atoms. The number of carbonyl (C=O) groups excluding carboxylic acids is 1. The number of nitrogens with one attached hydrogen (secondary N) is 1. The Labute approximate surface area is 179 Å². The summed E-state index contributed by atoms with van der Waals surface area (Å²) in [5.41, 5.74) is 1.90. The van der Waals surface area contributed by atoms with Crippen molar-refractivity contribution in [2.45, 2.75) is 38.1 Å². The minimum absolute atomic E-state index is 0.0189. The second kappa shape index (κ2) is 7.13. The number of rotatable bonds is 8. The molecule has 7 heteroatoms. The van der Waals surface area contributed by atoms with Gasteiger partial charge in [0, 0.05) is 22.5 Å². The molecule has 0 spiro atoms. The molecule has 3 aliphatic carbocycles. The summed E-state index contributed by atoms with van der Waals surface area (Å²) in [6.45, 7) is 2.00. The molecule has 154 valence electrons. The largest absolute Gasteiger partial charge is 0.486 e. The third kappa shape index (κ3) is 3.56. The SMILES string of the molecule is Cc1cc(OCC(=O)CC23CC(Nc4nnc(-c5ccccc5)o4)(C2)C3)ccc1Cl.